The van der Waals surface area contributed by atoms with Crippen molar-refractivity contribution in [2.24, 2.45) is 5.73 Å². The zero-order valence-electron chi connectivity index (χ0n) is 13.2. The maximum atomic E-state index is 13.3. The molecule has 4 N–H and O–H groups in total. The molecule has 0 saturated carbocycles. The minimum atomic E-state index is -4.96. The highest BCUT2D eigenvalue weighted by atomic mass is 19.4. The van der Waals surface area contributed by atoms with Crippen LogP contribution in [0.4, 0.5) is 17.6 Å². The first kappa shape index (κ1) is 19.2. The van der Waals surface area contributed by atoms with E-state index in [-0.39, 0.29) is 12.2 Å². The van der Waals surface area contributed by atoms with E-state index < -0.39 is 41.0 Å². The molecular weight excluding hydrogens is 356 g/mol. The van der Waals surface area contributed by atoms with Gasteiger partial charge in [0.1, 0.15) is 17.6 Å². The summed E-state index contributed by atoms with van der Waals surface area (Å²) in [6.45, 7) is 0. The molecule has 0 heterocycles. The fourth-order valence-electron chi connectivity index (χ4n) is 2.22. The summed E-state index contributed by atoms with van der Waals surface area (Å²) in [6.07, 6.45) is -5.00. The van der Waals surface area contributed by atoms with E-state index in [0.717, 1.165) is 6.07 Å². The molecule has 5 nitrogen and oxygen atoms in total. The number of benzene rings is 2. The summed E-state index contributed by atoms with van der Waals surface area (Å²) in [6, 6.07) is 6.29. The third-order valence-electron chi connectivity index (χ3n) is 3.56. The molecule has 26 heavy (non-hydrogen) atoms. The van der Waals surface area contributed by atoms with Gasteiger partial charge in [0.05, 0.1) is 5.56 Å². The number of phenolic OH excluding ortho intramolecular Hbond substituents is 1. The summed E-state index contributed by atoms with van der Waals surface area (Å²) in [4.78, 5) is 23.7. The van der Waals surface area contributed by atoms with Crippen LogP contribution < -0.4 is 11.1 Å². The molecule has 0 fully saturated rings. The summed E-state index contributed by atoms with van der Waals surface area (Å²) in [5.74, 6) is -3.41. The van der Waals surface area contributed by atoms with Gasteiger partial charge in [-0.3, -0.25) is 9.59 Å². The first-order chi connectivity index (χ1) is 12.1. The molecule has 138 valence electrons. The predicted molar refractivity (Wildman–Crippen MR) is 83.7 cm³/mol. The van der Waals surface area contributed by atoms with Gasteiger partial charge in [0.2, 0.25) is 5.91 Å². The molecule has 1 unspecified atom stereocenters. The van der Waals surface area contributed by atoms with Crippen LogP contribution in [0, 0.1) is 5.82 Å². The van der Waals surface area contributed by atoms with Gasteiger partial charge in [-0.05, 0) is 35.9 Å². The number of nitrogens with two attached hydrogens (primary N) is 1. The lowest BCUT2D eigenvalue weighted by Gasteiger charge is -2.16. The topological polar surface area (TPSA) is 92.4 Å². The largest absolute Gasteiger partial charge is 0.508 e. The smallest absolute Gasteiger partial charge is 0.419 e. The van der Waals surface area contributed by atoms with E-state index >= 15 is 0 Å². The maximum absolute atomic E-state index is 13.3. The normalized spacial score (nSPS) is 12.5. The monoisotopic (exact) mass is 370 g/mol. The van der Waals surface area contributed by atoms with Crippen molar-refractivity contribution >= 4 is 11.8 Å². The van der Waals surface area contributed by atoms with Crippen LogP contribution >= 0.6 is 0 Å². The van der Waals surface area contributed by atoms with E-state index in [1.54, 1.807) is 0 Å². The zero-order chi connectivity index (χ0) is 19.5. The minimum Gasteiger partial charge on any atom is -0.508 e. The average molecular weight is 370 g/mol. The number of rotatable bonds is 5. The van der Waals surface area contributed by atoms with Crippen molar-refractivity contribution in [3.63, 3.8) is 0 Å². The first-order valence-electron chi connectivity index (χ1n) is 7.33. The third kappa shape index (κ3) is 4.71. The molecule has 0 aliphatic heterocycles. The fourth-order valence-corrected chi connectivity index (χ4v) is 2.22. The van der Waals surface area contributed by atoms with E-state index in [9.17, 15) is 32.3 Å². The standard InChI is InChI=1S/C17H14F4N2O3/c18-13-6-3-10(8-12(13)17(19,20)21)16(26)23-14(15(22)25)7-9-1-4-11(24)5-2-9/h1-6,8,14,24H,7H2,(H2,22,25)(H,23,26). The van der Waals surface area contributed by atoms with Crippen molar-refractivity contribution in [2.75, 3.05) is 0 Å². The molecule has 0 saturated heterocycles. The van der Waals surface area contributed by atoms with Gasteiger partial charge in [0.15, 0.2) is 0 Å². The quantitative estimate of drug-likeness (QED) is 0.706. The van der Waals surface area contributed by atoms with E-state index in [1.807, 2.05) is 0 Å². The fraction of sp³-hybridized carbons (Fsp3) is 0.176. The van der Waals surface area contributed by atoms with Crippen LogP contribution in [0.2, 0.25) is 0 Å². The summed E-state index contributed by atoms with van der Waals surface area (Å²) in [5.41, 5.74) is 3.73. The molecule has 0 aromatic heterocycles. The molecule has 0 radical (unpaired) electrons. The van der Waals surface area contributed by atoms with Crippen LogP contribution in [-0.2, 0) is 17.4 Å². The number of phenols is 1. The van der Waals surface area contributed by atoms with Gasteiger partial charge in [-0.25, -0.2) is 4.39 Å². The van der Waals surface area contributed by atoms with Crippen LogP contribution in [0.3, 0.4) is 0 Å². The molecule has 2 aromatic rings. The van der Waals surface area contributed by atoms with Crippen LogP contribution in [-0.4, -0.2) is 23.0 Å². The first-order valence-corrected chi connectivity index (χ1v) is 7.33. The highest BCUT2D eigenvalue weighted by Crippen LogP contribution is 2.31. The van der Waals surface area contributed by atoms with Crippen molar-refractivity contribution in [2.45, 2.75) is 18.6 Å². The summed E-state index contributed by atoms with van der Waals surface area (Å²) < 4.78 is 51.5. The lowest BCUT2D eigenvalue weighted by molar-refractivity contribution is -0.140. The number of amides is 2. The number of hydrogen-bond acceptors (Lipinski definition) is 3. The number of nitrogens with one attached hydrogen (secondary N) is 1. The maximum Gasteiger partial charge on any atom is 0.419 e. The van der Waals surface area contributed by atoms with Gasteiger partial charge >= 0.3 is 6.18 Å². The van der Waals surface area contributed by atoms with Crippen molar-refractivity contribution in [1.82, 2.24) is 5.32 Å². The van der Waals surface area contributed by atoms with Crippen LogP contribution in [0.25, 0.3) is 0 Å². The lowest BCUT2D eigenvalue weighted by atomic mass is 10.0. The van der Waals surface area contributed by atoms with Gasteiger partial charge in [-0.15, -0.1) is 0 Å². The Hall–Kier alpha value is -3.10. The zero-order valence-corrected chi connectivity index (χ0v) is 13.2. The number of carbonyl (C=O) groups is 2. The Balaban J connectivity index is 2.20. The highest BCUT2D eigenvalue weighted by molar-refractivity contribution is 5.97. The molecular formula is C17H14F4N2O3. The molecule has 0 spiro atoms. The molecule has 0 bridgehead atoms. The number of halogens is 4. The summed E-state index contributed by atoms with van der Waals surface area (Å²) in [7, 11) is 0. The average Bonchev–Trinajstić information content (AvgIpc) is 2.55. The number of carbonyl (C=O) groups excluding carboxylic acids is 2. The lowest BCUT2D eigenvalue weighted by Crippen LogP contribution is -2.45. The summed E-state index contributed by atoms with van der Waals surface area (Å²) in [5, 5.41) is 11.5. The molecule has 1 atom stereocenters. The second kappa shape index (κ2) is 7.42. The van der Waals surface area contributed by atoms with Crippen molar-refractivity contribution in [3.05, 3.63) is 65.0 Å². The number of aromatic hydroxyl groups is 1. The number of alkyl halides is 3. The second-order valence-corrected chi connectivity index (χ2v) is 5.49. The second-order valence-electron chi connectivity index (χ2n) is 5.49. The van der Waals surface area contributed by atoms with E-state index in [1.165, 1.54) is 24.3 Å². The SMILES string of the molecule is NC(=O)C(Cc1ccc(O)cc1)NC(=O)c1ccc(F)c(C(F)(F)F)c1. The van der Waals surface area contributed by atoms with Crippen molar-refractivity contribution in [1.29, 1.82) is 0 Å². The third-order valence-corrected chi connectivity index (χ3v) is 3.56. The highest BCUT2D eigenvalue weighted by Gasteiger charge is 2.35. The Kier molecular flexibility index (Phi) is 5.49. The molecule has 2 amide bonds. The molecule has 2 rings (SSSR count). The van der Waals surface area contributed by atoms with Crippen molar-refractivity contribution in [3.8, 4) is 5.75 Å². The predicted octanol–water partition coefficient (Wildman–Crippen LogP) is 2.38. The van der Waals surface area contributed by atoms with Gasteiger partial charge < -0.3 is 16.2 Å². The van der Waals surface area contributed by atoms with Crippen molar-refractivity contribution < 1.29 is 32.3 Å². The van der Waals surface area contributed by atoms with E-state index in [4.69, 9.17) is 5.73 Å². The Morgan fingerprint density at radius 1 is 1.12 bits per heavy atom. The van der Waals surface area contributed by atoms with Gasteiger partial charge in [-0.1, -0.05) is 12.1 Å². The van der Waals surface area contributed by atoms with Crippen LogP contribution in [0.5, 0.6) is 5.75 Å². The molecule has 0 aliphatic rings. The minimum absolute atomic E-state index is 0.000553. The molecule has 9 heteroatoms. The molecule has 0 aliphatic carbocycles. The Morgan fingerprint density at radius 3 is 2.27 bits per heavy atom. The Bertz CT molecular complexity index is 820. The Labute approximate surface area is 145 Å². The van der Waals surface area contributed by atoms with E-state index in [2.05, 4.69) is 5.32 Å². The summed E-state index contributed by atoms with van der Waals surface area (Å²) >= 11 is 0. The van der Waals surface area contributed by atoms with Gasteiger partial charge in [0.25, 0.3) is 5.91 Å². The van der Waals surface area contributed by atoms with Crippen LogP contribution in [0.1, 0.15) is 21.5 Å². The van der Waals surface area contributed by atoms with Crippen LogP contribution in [0.15, 0.2) is 42.5 Å². The van der Waals surface area contributed by atoms with Gasteiger partial charge in [0, 0.05) is 12.0 Å². The molecule has 2 aromatic carbocycles. The Morgan fingerprint density at radius 2 is 1.73 bits per heavy atom. The number of hydrogen-bond donors (Lipinski definition) is 3. The van der Waals surface area contributed by atoms with E-state index in [0.29, 0.717) is 17.7 Å². The van der Waals surface area contributed by atoms with Gasteiger partial charge in [-0.2, -0.15) is 13.2 Å². The number of primary amides is 1.